The Balaban J connectivity index is 0.00000147. The molecule has 2 heterocycles. The first-order valence-corrected chi connectivity index (χ1v) is 5.78. The summed E-state index contributed by atoms with van der Waals surface area (Å²) in [6.45, 7) is 0.729. The van der Waals surface area contributed by atoms with E-state index in [0.717, 1.165) is 24.2 Å². The molecular weight excluding hydrogens is 282 g/mol. The van der Waals surface area contributed by atoms with Crippen LogP contribution in [-0.4, -0.2) is 21.4 Å². The highest BCUT2D eigenvalue weighted by molar-refractivity contribution is 5.85. The van der Waals surface area contributed by atoms with E-state index < -0.39 is 4.92 Å². The summed E-state index contributed by atoms with van der Waals surface area (Å²) < 4.78 is 0. The molecule has 0 atom stereocenters. The summed E-state index contributed by atoms with van der Waals surface area (Å²) in [6.07, 6.45) is 2.41. The van der Waals surface area contributed by atoms with Crippen molar-refractivity contribution in [1.29, 1.82) is 0 Å². The number of nitro benzene ring substituents is 1. The summed E-state index contributed by atoms with van der Waals surface area (Å²) in [5, 5.41) is 10.8. The summed E-state index contributed by atoms with van der Waals surface area (Å²) >= 11 is 0. The Kier molecular flexibility index (Phi) is 3.71. The van der Waals surface area contributed by atoms with Crippen molar-refractivity contribution in [2.45, 2.75) is 6.42 Å². The molecule has 1 aliphatic rings. The van der Waals surface area contributed by atoms with Crippen LogP contribution in [0.5, 0.6) is 0 Å². The Bertz CT molecular complexity index is 664. The zero-order valence-electron chi connectivity index (χ0n) is 10.4. The van der Waals surface area contributed by atoms with Crippen molar-refractivity contribution in [3.63, 3.8) is 0 Å². The number of benzene rings is 1. The predicted octanol–water partition coefficient (Wildman–Crippen LogP) is 2.08. The van der Waals surface area contributed by atoms with Gasteiger partial charge in [0.15, 0.2) is 0 Å². The van der Waals surface area contributed by atoms with E-state index in [1.165, 1.54) is 6.07 Å². The van der Waals surface area contributed by atoms with E-state index in [2.05, 4.69) is 9.97 Å². The van der Waals surface area contributed by atoms with E-state index >= 15 is 0 Å². The van der Waals surface area contributed by atoms with Crippen molar-refractivity contribution < 1.29 is 4.92 Å². The zero-order valence-corrected chi connectivity index (χ0v) is 11.2. The van der Waals surface area contributed by atoms with Crippen molar-refractivity contribution in [2.75, 3.05) is 17.2 Å². The lowest BCUT2D eigenvalue weighted by Gasteiger charge is -2.17. The molecule has 0 saturated carbocycles. The summed E-state index contributed by atoms with van der Waals surface area (Å²) in [4.78, 5) is 20.4. The van der Waals surface area contributed by atoms with Gasteiger partial charge in [-0.15, -0.1) is 12.4 Å². The molecule has 0 bridgehead atoms. The van der Waals surface area contributed by atoms with Gasteiger partial charge in [0, 0.05) is 24.9 Å². The molecule has 0 unspecified atom stereocenters. The number of nitrogen functional groups attached to an aromatic ring is 1. The van der Waals surface area contributed by atoms with Gasteiger partial charge in [0.05, 0.1) is 10.6 Å². The van der Waals surface area contributed by atoms with Gasteiger partial charge in [-0.2, -0.15) is 4.98 Å². The fourth-order valence-electron chi connectivity index (χ4n) is 2.23. The van der Waals surface area contributed by atoms with Crippen LogP contribution in [0, 0.1) is 10.1 Å². The molecule has 2 N–H and O–H groups in total. The van der Waals surface area contributed by atoms with E-state index in [9.17, 15) is 10.1 Å². The number of aromatic nitrogens is 2. The summed E-state index contributed by atoms with van der Waals surface area (Å²) in [6, 6.07) is 6.62. The standard InChI is InChI=1S/C12H11N5O2.ClH/c13-12-14-5-3-11(15-12)16-6-4-8-1-2-9(17(18)19)7-10(8)16;/h1-3,5,7H,4,6H2,(H2,13,14,15);1H. The van der Waals surface area contributed by atoms with Crippen LogP contribution in [0.25, 0.3) is 0 Å². The number of nitrogens with two attached hydrogens (primary N) is 1. The molecule has 20 heavy (non-hydrogen) atoms. The van der Waals surface area contributed by atoms with Gasteiger partial charge in [-0.25, -0.2) is 4.98 Å². The predicted molar refractivity (Wildman–Crippen MR) is 77.5 cm³/mol. The van der Waals surface area contributed by atoms with Crippen LogP contribution in [0.4, 0.5) is 23.1 Å². The van der Waals surface area contributed by atoms with Crippen LogP contribution >= 0.6 is 12.4 Å². The highest BCUT2D eigenvalue weighted by atomic mass is 35.5. The Morgan fingerprint density at radius 3 is 2.85 bits per heavy atom. The van der Waals surface area contributed by atoms with E-state index in [0.29, 0.717) is 5.82 Å². The number of nitrogens with zero attached hydrogens (tertiary/aromatic N) is 4. The summed E-state index contributed by atoms with van der Waals surface area (Å²) in [5.74, 6) is 0.850. The number of nitro groups is 1. The lowest BCUT2D eigenvalue weighted by atomic mass is 10.1. The molecule has 104 valence electrons. The van der Waals surface area contributed by atoms with Gasteiger partial charge in [-0.3, -0.25) is 10.1 Å². The van der Waals surface area contributed by atoms with Crippen LogP contribution in [0.2, 0.25) is 0 Å². The first kappa shape index (κ1) is 14.0. The lowest BCUT2D eigenvalue weighted by molar-refractivity contribution is -0.384. The molecule has 3 rings (SSSR count). The largest absolute Gasteiger partial charge is 0.368 e. The van der Waals surface area contributed by atoms with Crippen LogP contribution in [-0.2, 0) is 6.42 Å². The molecule has 0 spiro atoms. The first-order valence-electron chi connectivity index (χ1n) is 5.78. The SMILES string of the molecule is Cl.Nc1nccc(N2CCc3ccc([N+](=O)[O-])cc32)n1. The average Bonchev–Trinajstić information content (AvgIpc) is 2.81. The second-order valence-electron chi connectivity index (χ2n) is 4.24. The van der Waals surface area contributed by atoms with E-state index in [1.807, 2.05) is 4.90 Å². The highest BCUT2D eigenvalue weighted by Crippen LogP contribution is 2.35. The minimum atomic E-state index is -0.398. The molecule has 8 heteroatoms. The Morgan fingerprint density at radius 1 is 1.35 bits per heavy atom. The number of hydrogen-bond acceptors (Lipinski definition) is 6. The average molecular weight is 294 g/mol. The highest BCUT2D eigenvalue weighted by Gasteiger charge is 2.24. The molecule has 2 aromatic rings. The van der Waals surface area contributed by atoms with E-state index in [1.54, 1.807) is 24.4 Å². The van der Waals surface area contributed by atoms with Gasteiger partial charge in [0.1, 0.15) is 5.82 Å². The van der Waals surface area contributed by atoms with E-state index in [-0.39, 0.29) is 24.0 Å². The maximum atomic E-state index is 10.8. The molecule has 7 nitrogen and oxygen atoms in total. The fraction of sp³-hybridized carbons (Fsp3) is 0.167. The molecule has 1 aliphatic heterocycles. The third-order valence-electron chi connectivity index (χ3n) is 3.11. The van der Waals surface area contributed by atoms with Crippen molar-refractivity contribution in [1.82, 2.24) is 9.97 Å². The monoisotopic (exact) mass is 293 g/mol. The quantitative estimate of drug-likeness (QED) is 0.672. The van der Waals surface area contributed by atoms with E-state index in [4.69, 9.17) is 5.73 Å². The summed E-state index contributed by atoms with van der Waals surface area (Å²) in [7, 11) is 0. The molecule has 0 fully saturated rings. The normalized spacial score (nSPS) is 12.7. The maximum Gasteiger partial charge on any atom is 0.271 e. The Labute approximate surface area is 121 Å². The molecule has 0 saturated heterocycles. The minimum Gasteiger partial charge on any atom is -0.368 e. The van der Waals surface area contributed by atoms with Gasteiger partial charge < -0.3 is 10.6 Å². The number of hydrogen-bond donors (Lipinski definition) is 1. The Morgan fingerprint density at radius 2 is 2.15 bits per heavy atom. The third kappa shape index (κ3) is 2.35. The van der Waals surface area contributed by atoms with Gasteiger partial charge in [0.25, 0.3) is 5.69 Å². The van der Waals surface area contributed by atoms with Gasteiger partial charge in [0.2, 0.25) is 5.95 Å². The number of fused-ring (bicyclic) bond motifs is 1. The lowest BCUT2D eigenvalue weighted by Crippen LogP contribution is -2.15. The molecule has 0 aliphatic carbocycles. The molecule has 1 aromatic carbocycles. The zero-order chi connectivity index (χ0) is 13.4. The van der Waals surface area contributed by atoms with Crippen molar-refractivity contribution in [2.24, 2.45) is 0 Å². The second-order valence-corrected chi connectivity index (χ2v) is 4.24. The van der Waals surface area contributed by atoms with Crippen molar-refractivity contribution in [3.05, 3.63) is 46.1 Å². The second kappa shape index (κ2) is 5.30. The van der Waals surface area contributed by atoms with Crippen molar-refractivity contribution in [3.8, 4) is 0 Å². The topological polar surface area (TPSA) is 98.2 Å². The molecule has 1 aromatic heterocycles. The number of rotatable bonds is 2. The third-order valence-corrected chi connectivity index (χ3v) is 3.11. The van der Waals surface area contributed by atoms with Crippen molar-refractivity contribution >= 4 is 35.5 Å². The molecule has 0 radical (unpaired) electrons. The first-order chi connectivity index (χ1) is 9.15. The van der Waals surface area contributed by atoms with Crippen LogP contribution < -0.4 is 10.6 Å². The number of non-ortho nitro benzene ring substituents is 1. The van der Waals surface area contributed by atoms with Crippen LogP contribution in [0.1, 0.15) is 5.56 Å². The minimum absolute atomic E-state index is 0. The van der Waals surface area contributed by atoms with Gasteiger partial charge in [-0.05, 0) is 18.1 Å². The van der Waals surface area contributed by atoms with Crippen LogP contribution in [0.15, 0.2) is 30.5 Å². The van der Waals surface area contributed by atoms with Crippen LogP contribution in [0.3, 0.4) is 0 Å². The maximum absolute atomic E-state index is 10.8. The number of anilines is 3. The van der Waals surface area contributed by atoms with Gasteiger partial charge in [-0.1, -0.05) is 6.07 Å². The molecule has 0 amide bonds. The smallest absolute Gasteiger partial charge is 0.271 e. The summed E-state index contributed by atoms with van der Waals surface area (Å²) in [5.41, 5.74) is 7.53. The fourth-order valence-corrected chi connectivity index (χ4v) is 2.23. The Hall–Kier alpha value is -2.41. The molecular formula is C12H12ClN5O2. The van der Waals surface area contributed by atoms with Gasteiger partial charge >= 0.3 is 0 Å². The number of halogens is 1.